The number of hydrogen-bond donors (Lipinski definition) is 0. The number of carbonyl (C=O) groups is 2. The quantitative estimate of drug-likeness (QED) is 0.653. The van der Waals surface area contributed by atoms with E-state index in [1.165, 1.54) is 0 Å². The number of methoxy groups -OCH3 is 2. The molecule has 0 bridgehead atoms. The van der Waals surface area contributed by atoms with Gasteiger partial charge in [0, 0.05) is 14.2 Å². The molecule has 0 aromatic heterocycles. The molecule has 1 saturated carbocycles. The molecule has 168 valence electrons. The van der Waals surface area contributed by atoms with Crippen molar-refractivity contribution in [2.24, 2.45) is 0 Å². The summed E-state index contributed by atoms with van der Waals surface area (Å²) in [6.07, 6.45) is 2.94. The molecule has 5 rings (SSSR count). The van der Waals surface area contributed by atoms with Crippen LogP contribution in [0.15, 0.2) is 60.7 Å². The molecule has 2 amide bonds. The van der Waals surface area contributed by atoms with Gasteiger partial charge in [-0.15, -0.1) is 0 Å². The number of carbonyl (C=O) groups excluding carboxylic acids is 2. The minimum absolute atomic E-state index is 0.0192. The highest BCUT2D eigenvalue weighted by Crippen LogP contribution is 2.47. The number of hydrogen-bond acceptors (Lipinski definition) is 4. The van der Waals surface area contributed by atoms with Crippen molar-refractivity contribution in [3.63, 3.8) is 0 Å². The largest absolute Gasteiger partial charge is 0.369 e. The van der Waals surface area contributed by atoms with E-state index >= 15 is 0 Å². The summed E-state index contributed by atoms with van der Waals surface area (Å²) in [6.45, 7) is 0. The SMILES string of the molecule is CO[C@@H]1C(=O)N(C2CCCCC2N2C(=O)[C@H](OC)[C@@H]2c2ccccc2)[C@@H]1c1ccccc1. The molecule has 0 radical (unpaired) electrons. The first kappa shape index (κ1) is 21.2. The van der Waals surface area contributed by atoms with Gasteiger partial charge in [0.25, 0.3) is 11.8 Å². The van der Waals surface area contributed by atoms with Crippen molar-refractivity contribution in [1.29, 1.82) is 0 Å². The molecule has 2 aromatic carbocycles. The van der Waals surface area contributed by atoms with Gasteiger partial charge in [-0.1, -0.05) is 73.5 Å². The summed E-state index contributed by atoms with van der Waals surface area (Å²) in [5, 5.41) is 0. The second kappa shape index (κ2) is 8.68. The van der Waals surface area contributed by atoms with Crippen LogP contribution in [0.3, 0.4) is 0 Å². The fourth-order valence-corrected chi connectivity index (χ4v) is 5.88. The van der Waals surface area contributed by atoms with Crippen LogP contribution in [0.4, 0.5) is 0 Å². The number of rotatable bonds is 6. The van der Waals surface area contributed by atoms with Gasteiger partial charge < -0.3 is 19.3 Å². The molecule has 2 aromatic rings. The van der Waals surface area contributed by atoms with E-state index in [0.717, 1.165) is 36.8 Å². The summed E-state index contributed by atoms with van der Waals surface area (Å²) in [6, 6.07) is 19.9. The molecule has 6 nitrogen and oxygen atoms in total. The fraction of sp³-hybridized carbons (Fsp3) is 0.462. The van der Waals surface area contributed by atoms with Gasteiger partial charge in [-0.05, 0) is 24.0 Å². The maximum absolute atomic E-state index is 13.2. The average Bonchev–Trinajstić information content (AvgIpc) is 2.83. The third-order valence-corrected chi connectivity index (χ3v) is 7.37. The van der Waals surface area contributed by atoms with E-state index in [9.17, 15) is 9.59 Å². The molecule has 0 N–H and O–H groups in total. The molecule has 6 heteroatoms. The second-order valence-corrected chi connectivity index (χ2v) is 8.93. The Labute approximate surface area is 189 Å². The Morgan fingerprint density at radius 1 is 0.656 bits per heavy atom. The monoisotopic (exact) mass is 434 g/mol. The van der Waals surface area contributed by atoms with E-state index in [-0.39, 0.29) is 36.0 Å². The predicted octanol–water partition coefficient (Wildman–Crippen LogP) is 3.49. The number of likely N-dealkylation sites (tertiary alicyclic amines) is 2. The van der Waals surface area contributed by atoms with Gasteiger partial charge in [0.05, 0.1) is 24.2 Å². The average molecular weight is 435 g/mol. The zero-order valence-corrected chi connectivity index (χ0v) is 18.6. The summed E-state index contributed by atoms with van der Waals surface area (Å²) in [5.41, 5.74) is 2.15. The van der Waals surface area contributed by atoms with Gasteiger partial charge in [-0.25, -0.2) is 0 Å². The third kappa shape index (κ3) is 3.24. The van der Waals surface area contributed by atoms with Gasteiger partial charge in [0.2, 0.25) is 0 Å². The van der Waals surface area contributed by atoms with Crippen molar-refractivity contribution >= 4 is 11.8 Å². The summed E-state index contributed by atoms with van der Waals surface area (Å²) in [4.78, 5) is 30.3. The molecule has 1 aliphatic carbocycles. The highest BCUT2D eigenvalue weighted by atomic mass is 16.5. The molecule has 6 atom stereocenters. The molecule has 2 saturated heterocycles. The van der Waals surface area contributed by atoms with Crippen LogP contribution in [-0.4, -0.2) is 60.1 Å². The summed E-state index contributed by atoms with van der Waals surface area (Å²) in [5.74, 6) is 0.0385. The van der Waals surface area contributed by atoms with Crippen molar-refractivity contribution in [3.05, 3.63) is 71.8 Å². The normalized spacial score (nSPS) is 32.4. The van der Waals surface area contributed by atoms with E-state index in [1.807, 2.05) is 46.2 Å². The highest BCUT2D eigenvalue weighted by molar-refractivity contribution is 5.91. The molecule has 2 heterocycles. The van der Waals surface area contributed by atoms with Crippen molar-refractivity contribution in [2.75, 3.05) is 14.2 Å². The third-order valence-electron chi connectivity index (χ3n) is 7.37. The van der Waals surface area contributed by atoms with Crippen molar-refractivity contribution < 1.29 is 19.1 Å². The maximum atomic E-state index is 13.2. The minimum Gasteiger partial charge on any atom is -0.369 e. The van der Waals surface area contributed by atoms with E-state index in [4.69, 9.17) is 9.47 Å². The second-order valence-electron chi connectivity index (χ2n) is 8.93. The Hall–Kier alpha value is -2.70. The van der Waals surface area contributed by atoms with Gasteiger partial charge >= 0.3 is 0 Å². The fourth-order valence-electron chi connectivity index (χ4n) is 5.88. The molecule has 2 unspecified atom stereocenters. The highest BCUT2D eigenvalue weighted by Gasteiger charge is 2.58. The lowest BCUT2D eigenvalue weighted by molar-refractivity contribution is -0.195. The van der Waals surface area contributed by atoms with Crippen LogP contribution in [0.25, 0.3) is 0 Å². The van der Waals surface area contributed by atoms with Gasteiger partial charge in [-0.3, -0.25) is 9.59 Å². The summed E-state index contributed by atoms with van der Waals surface area (Å²) in [7, 11) is 3.20. The lowest BCUT2D eigenvalue weighted by atomic mass is 9.78. The summed E-state index contributed by atoms with van der Waals surface area (Å²) < 4.78 is 11.2. The number of nitrogens with zero attached hydrogens (tertiary/aromatic N) is 2. The van der Waals surface area contributed by atoms with E-state index < -0.39 is 12.2 Å². The van der Waals surface area contributed by atoms with Crippen LogP contribution in [0.1, 0.15) is 48.9 Å². The van der Waals surface area contributed by atoms with Gasteiger partial charge in [-0.2, -0.15) is 0 Å². The number of β-lactam (4-membered cyclic amide) rings is 2. The zero-order valence-electron chi connectivity index (χ0n) is 18.6. The number of benzene rings is 2. The zero-order chi connectivity index (χ0) is 22.2. The van der Waals surface area contributed by atoms with Gasteiger partial charge in [0.1, 0.15) is 0 Å². The van der Waals surface area contributed by atoms with Gasteiger partial charge in [0.15, 0.2) is 12.2 Å². The molecule has 3 fully saturated rings. The van der Waals surface area contributed by atoms with Crippen LogP contribution < -0.4 is 0 Å². The van der Waals surface area contributed by atoms with Crippen LogP contribution in [0, 0.1) is 0 Å². The molecule has 3 aliphatic rings. The Morgan fingerprint density at radius 3 is 1.38 bits per heavy atom. The Kier molecular flexibility index (Phi) is 5.74. The van der Waals surface area contributed by atoms with Crippen molar-refractivity contribution in [3.8, 4) is 0 Å². The molecular formula is C26H30N2O4. The topological polar surface area (TPSA) is 59.1 Å². The van der Waals surface area contributed by atoms with Crippen LogP contribution in [0.2, 0.25) is 0 Å². The molecule has 32 heavy (non-hydrogen) atoms. The van der Waals surface area contributed by atoms with Crippen LogP contribution in [0.5, 0.6) is 0 Å². The first-order valence-electron chi connectivity index (χ1n) is 11.5. The number of amides is 2. The smallest absolute Gasteiger partial charge is 0.255 e. The Morgan fingerprint density at radius 2 is 1.03 bits per heavy atom. The standard InChI is InChI=1S/C26H30N2O4/c1-31-23-21(17-11-5-3-6-12-17)27(25(23)29)19-15-9-10-16-20(19)28-22(24(32-2)26(28)30)18-13-7-4-8-14-18/h3-8,11-14,19-24H,9-10,15-16H2,1-2H3/t19?,20?,21-,22+,23+,24-. The lowest BCUT2D eigenvalue weighted by Gasteiger charge is -2.58. The van der Waals surface area contributed by atoms with Crippen LogP contribution >= 0.6 is 0 Å². The molecule has 0 spiro atoms. The van der Waals surface area contributed by atoms with Crippen LogP contribution in [-0.2, 0) is 19.1 Å². The van der Waals surface area contributed by atoms with Crippen molar-refractivity contribution in [2.45, 2.75) is 62.1 Å². The first-order valence-corrected chi connectivity index (χ1v) is 11.5. The number of ether oxygens (including phenoxy) is 2. The molecule has 2 aliphatic heterocycles. The van der Waals surface area contributed by atoms with E-state index in [0.29, 0.717) is 0 Å². The summed E-state index contributed by atoms with van der Waals surface area (Å²) >= 11 is 0. The Bertz CT molecular complexity index is 887. The lowest BCUT2D eigenvalue weighted by Crippen LogP contribution is -2.72. The maximum Gasteiger partial charge on any atom is 0.255 e. The van der Waals surface area contributed by atoms with E-state index in [1.54, 1.807) is 14.2 Å². The minimum atomic E-state index is -0.469. The molecular weight excluding hydrogens is 404 g/mol. The predicted molar refractivity (Wildman–Crippen MR) is 120 cm³/mol. The first-order chi connectivity index (χ1) is 15.7. The van der Waals surface area contributed by atoms with Crippen molar-refractivity contribution in [1.82, 2.24) is 9.80 Å². The van der Waals surface area contributed by atoms with E-state index in [2.05, 4.69) is 24.3 Å². The Balaban J connectivity index is 1.47.